The van der Waals surface area contributed by atoms with Gasteiger partial charge in [0.25, 0.3) is 5.91 Å². The molecule has 0 radical (unpaired) electrons. The van der Waals surface area contributed by atoms with E-state index >= 15 is 0 Å². The number of hydrogen-bond acceptors (Lipinski definition) is 5. The Hall–Kier alpha value is -2.12. The third kappa shape index (κ3) is 3.68. The van der Waals surface area contributed by atoms with Crippen molar-refractivity contribution >= 4 is 5.91 Å². The van der Waals surface area contributed by atoms with E-state index in [4.69, 9.17) is 13.9 Å². The zero-order chi connectivity index (χ0) is 16.9. The lowest BCUT2D eigenvalue weighted by Gasteiger charge is -2.27. The van der Waals surface area contributed by atoms with Gasteiger partial charge >= 0.3 is 0 Å². The molecule has 7 heteroatoms. The maximum absolute atomic E-state index is 12.7. The third-order valence-corrected chi connectivity index (χ3v) is 4.30. The van der Waals surface area contributed by atoms with E-state index in [1.807, 2.05) is 24.3 Å². The van der Waals surface area contributed by atoms with Crippen molar-refractivity contribution in [3.05, 3.63) is 42.1 Å². The largest absolute Gasteiger partial charge is 0.459 e. The van der Waals surface area contributed by atoms with Gasteiger partial charge in [0.15, 0.2) is 5.76 Å². The quantitative estimate of drug-likeness (QED) is 0.718. The molecule has 3 rings (SSSR count). The highest BCUT2D eigenvalue weighted by atomic mass is 16.5. The summed E-state index contributed by atoms with van der Waals surface area (Å²) in [6, 6.07) is 3.39. The molecule has 0 aliphatic carbocycles. The van der Waals surface area contributed by atoms with E-state index in [0.29, 0.717) is 31.9 Å². The summed E-state index contributed by atoms with van der Waals surface area (Å²) < 4.78 is 18.1. The van der Waals surface area contributed by atoms with Gasteiger partial charge in [-0.3, -0.25) is 9.48 Å². The van der Waals surface area contributed by atoms with Crippen molar-refractivity contribution in [1.82, 2.24) is 14.7 Å². The minimum atomic E-state index is -0.0910. The highest BCUT2D eigenvalue weighted by molar-refractivity contribution is 5.92. The molecule has 0 N–H and O–H groups in total. The molecule has 130 valence electrons. The lowest BCUT2D eigenvalue weighted by Crippen LogP contribution is -2.42. The number of carbonyl (C=O) groups excluding carboxylic acids is 1. The van der Waals surface area contributed by atoms with Gasteiger partial charge in [-0.1, -0.05) is 0 Å². The molecule has 2 atom stereocenters. The van der Waals surface area contributed by atoms with Gasteiger partial charge in [0.2, 0.25) is 0 Å². The van der Waals surface area contributed by atoms with E-state index in [1.54, 1.807) is 23.9 Å². The van der Waals surface area contributed by atoms with Crippen LogP contribution in [0.15, 0.2) is 35.2 Å². The Morgan fingerprint density at radius 3 is 3.00 bits per heavy atom. The molecule has 1 fully saturated rings. The van der Waals surface area contributed by atoms with E-state index in [2.05, 4.69) is 5.10 Å². The lowest BCUT2D eigenvalue weighted by atomic mass is 10.0. The van der Waals surface area contributed by atoms with E-state index in [1.165, 1.54) is 6.26 Å². The van der Waals surface area contributed by atoms with Gasteiger partial charge in [-0.2, -0.15) is 5.10 Å². The molecule has 0 aromatic carbocycles. The normalized spacial score (nSPS) is 20.7. The fourth-order valence-electron chi connectivity index (χ4n) is 3.16. The molecule has 3 heterocycles. The van der Waals surface area contributed by atoms with E-state index in [0.717, 1.165) is 12.0 Å². The molecule has 1 amide bonds. The Bertz CT molecular complexity index is 653. The highest BCUT2D eigenvalue weighted by Crippen LogP contribution is 2.26. The van der Waals surface area contributed by atoms with Crippen LogP contribution in [0.1, 0.15) is 22.5 Å². The first-order chi connectivity index (χ1) is 11.7. The topological polar surface area (TPSA) is 69.7 Å². The molecule has 0 spiro atoms. The van der Waals surface area contributed by atoms with E-state index in [-0.39, 0.29) is 18.1 Å². The molecule has 0 unspecified atom stereocenters. The van der Waals surface area contributed by atoms with Crippen LogP contribution in [0.3, 0.4) is 0 Å². The summed E-state index contributed by atoms with van der Waals surface area (Å²) in [7, 11) is 3.54. The predicted octanol–water partition coefficient (Wildman–Crippen LogP) is 1.50. The fraction of sp³-hybridized carbons (Fsp3) is 0.529. The highest BCUT2D eigenvalue weighted by Gasteiger charge is 2.39. The van der Waals surface area contributed by atoms with Crippen LogP contribution in [0.4, 0.5) is 0 Å². The summed E-state index contributed by atoms with van der Waals surface area (Å²) in [5.74, 6) is 0.274. The molecular formula is C17H23N3O4. The second-order valence-corrected chi connectivity index (χ2v) is 5.96. The number of nitrogens with zero attached hydrogens (tertiary/aromatic N) is 3. The summed E-state index contributed by atoms with van der Waals surface area (Å²) in [6.07, 6.45) is 6.82. The van der Waals surface area contributed by atoms with Crippen LogP contribution in [0.2, 0.25) is 0 Å². The number of hydrogen-bond donors (Lipinski definition) is 0. The fourth-order valence-corrected chi connectivity index (χ4v) is 3.16. The smallest absolute Gasteiger partial charge is 0.289 e. The number of aryl methyl sites for hydroxylation is 1. The number of carbonyl (C=O) groups is 1. The van der Waals surface area contributed by atoms with Crippen molar-refractivity contribution in [3.8, 4) is 0 Å². The number of methoxy groups -OCH3 is 1. The molecule has 2 aromatic heterocycles. The average Bonchev–Trinajstić information content (AvgIpc) is 3.30. The molecular weight excluding hydrogens is 310 g/mol. The Morgan fingerprint density at radius 2 is 2.33 bits per heavy atom. The first-order valence-corrected chi connectivity index (χ1v) is 8.11. The number of aromatic nitrogens is 2. The lowest BCUT2D eigenvalue weighted by molar-refractivity contribution is 0.000101. The van der Waals surface area contributed by atoms with E-state index < -0.39 is 0 Å². The Balaban J connectivity index is 1.75. The van der Waals surface area contributed by atoms with Crippen LogP contribution in [0, 0.1) is 0 Å². The molecule has 2 aromatic rings. The van der Waals surface area contributed by atoms with Gasteiger partial charge in [0.1, 0.15) is 0 Å². The van der Waals surface area contributed by atoms with Crippen LogP contribution in [0.5, 0.6) is 0 Å². The average molecular weight is 333 g/mol. The second kappa shape index (κ2) is 7.63. The standard InChI is InChI=1S/C17H23N3O4/c1-19-12-13(11-18-19)10-14-15(24-9-8-22-2)5-6-20(14)17(21)16-4-3-7-23-16/h3-4,7,11-12,14-15H,5-6,8-10H2,1-2H3/t14-,15-/m0/s1. The molecule has 1 aliphatic heterocycles. The van der Waals surface area contributed by atoms with Crippen LogP contribution in [0.25, 0.3) is 0 Å². The summed E-state index contributed by atoms with van der Waals surface area (Å²) in [6.45, 7) is 1.72. The number of likely N-dealkylation sites (tertiary alicyclic amines) is 1. The third-order valence-electron chi connectivity index (χ3n) is 4.30. The van der Waals surface area contributed by atoms with Gasteiger partial charge in [-0.05, 0) is 30.5 Å². The number of rotatable bonds is 7. The number of ether oxygens (including phenoxy) is 2. The van der Waals surface area contributed by atoms with Gasteiger partial charge in [-0.15, -0.1) is 0 Å². The molecule has 0 bridgehead atoms. The molecule has 7 nitrogen and oxygen atoms in total. The minimum Gasteiger partial charge on any atom is -0.459 e. The zero-order valence-corrected chi connectivity index (χ0v) is 14.1. The number of amides is 1. The maximum atomic E-state index is 12.7. The molecule has 24 heavy (non-hydrogen) atoms. The van der Waals surface area contributed by atoms with Gasteiger partial charge in [0.05, 0.1) is 37.8 Å². The van der Waals surface area contributed by atoms with Gasteiger partial charge < -0.3 is 18.8 Å². The van der Waals surface area contributed by atoms with E-state index in [9.17, 15) is 4.79 Å². The summed E-state index contributed by atoms with van der Waals surface area (Å²) in [5, 5.41) is 4.21. The minimum absolute atomic E-state index is 0.0146. The molecule has 0 saturated carbocycles. The molecule has 1 saturated heterocycles. The van der Waals surface area contributed by atoms with Crippen molar-refractivity contribution in [2.45, 2.75) is 25.0 Å². The van der Waals surface area contributed by atoms with Crippen LogP contribution < -0.4 is 0 Å². The van der Waals surface area contributed by atoms with Crippen LogP contribution in [-0.2, 0) is 22.9 Å². The van der Waals surface area contributed by atoms with Gasteiger partial charge in [-0.25, -0.2) is 0 Å². The van der Waals surface area contributed by atoms with Crippen LogP contribution >= 0.6 is 0 Å². The van der Waals surface area contributed by atoms with Crippen molar-refractivity contribution in [2.24, 2.45) is 7.05 Å². The summed E-state index contributed by atoms with van der Waals surface area (Å²) >= 11 is 0. The maximum Gasteiger partial charge on any atom is 0.289 e. The number of furan rings is 1. The SMILES string of the molecule is COCCO[C@H]1CCN(C(=O)c2ccco2)[C@H]1Cc1cnn(C)c1. The summed E-state index contributed by atoms with van der Waals surface area (Å²) in [4.78, 5) is 14.6. The summed E-state index contributed by atoms with van der Waals surface area (Å²) in [5.41, 5.74) is 1.09. The Morgan fingerprint density at radius 1 is 1.46 bits per heavy atom. The van der Waals surface area contributed by atoms with Crippen molar-refractivity contribution < 1.29 is 18.7 Å². The van der Waals surface area contributed by atoms with Crippen molar-refractivity contribution in [1.29, 1.82) is 0 Å². The molecule has 1 aliphatic rings. The Kier molecular flexibility index (Phi) is 5.32. The van der Waals surface area contributed by atoms with Crippen molar-refractivity contribution in [2.75, 3.05) is 26.9 Å². The zero-order valence-electron chi connectivity index (χ0n) is 14.1. The first kappa shape index (κ1) is 16.7. The van der Waals surface area contributed by atoms with Crippen molar-refractivity contribution in [3.63, 3.8) is 0 Å². The van der Waals surface area contributed by atoms with Gasteiger partial charge in [0, 0.05) is 26.9 Å². The Labute approximate surface area is 141 Å². The first-order valence-electron chi connectivity index (χ1n) is 8.11. The predicted molar refractivity (Wildman–Crippen MR) is 86.7 cm³/mol. The second-order valence-electron chi connectivity index (χ2n) is 5.96. The van der Waals surface area contributed by atoms with Crippen LogP contribution in [-0.4, -0.2) is 59.6 Å². The monoisotopic (exact) mass is 333 g/mol.